The predicted molar refractivity (Wildman–Crippen MR) is 69.7 cm³/mol. The third-order valence-electron chi connectivity index (χ3n) is 2.26. The molecule has 0 aliphatic carbocycles. The number of sulfonamides is 1. The van der Waals surface area contributed by atoms with Crippen molar-refractivity contribution < 1.29 is 12.8 Å². The van der Waals surface area contributed by atoms with Gasteiger partial charge in [0.2, 0.25) is 5.09 Å². The fourth-order valence-corrected chi connectivity index (χ4v) is 2.92. The number of thioether (sulfide) groups is 1. The van der Waals surface area contributed by atoms with E-state index in [1.807, 2.05) is 6.26 Å². The van der Waals surface area contributed by atoms with Gasteiger partial charge in [0, 0.05) is 19.3 Å². The fraction of sp³-hybridized carbons (Fsp3) is 0.600. The molecule has 0 unspecified atom stereocenters. The molecule has 0 aliphatic heterocycles. The SMILES string of the molecule is CNCc1ccc(S(=O)(=O)N(C)CCSC)o1. The van der Waals surface area contributed by atoms with E-state index in [2.05, 4.69) is 5.32 Å². The minimum atomic E-state index is -3.48. The van der Waals surface area contributed by atoms with Gasteiger partial charge in [-0.3, -0.25) is 0 Å². The Labute approximate surface area is 107 Å². The number of nitrogens with one attached hydrogen (secondary N) is 1. The van der Waals surface area contributed by atoms with E-state index >= 15 is 0 Å². The summed E-state index contributed by atoms with van der Waals surface area (Å²) < 4.78 is 30.7. The van der Waals surface area contributed by atoms with Gasteiger partial charge in [-0.2, -0.15) is 16.1 Å². The summed E-state index contributed by atoms with van der Waals surface area (Å²) in [5.41, 5.74) is 0. The van der Waals surface area contributed by atoms with Gasteiger partial charge in [0.25, 0.3) is 10.0 Å². The highest BCUT2D eigenvalue weighted by Gasteiger charge is 2.23. The van der Waals surface area contributed by atoms with E-state index in [9.17, 15) is 8.42 Å². The molecule has 1 heterocycles. The van der Waals surface area contributed by atoms with Crippen molar-refractivity contribution in [2.45, 2.75) is 11.6 Å². The van der Waals surface area contributed by atoms with Crippen molar-refractivity contribution in [2.24, 2.45) is 0 Å². The van der Waals surface area contributed by atoms with E-state index in [4.69, 9.17) is 4.42 Å². The van der Waals surface area contributed by atoms with E-state index in [-0.39, 0.29) is 5.09 Å². The molecular formula is C10H18N2O3S2. The Balaban J connectivity index is 2.81. The third-order valence-corrected chi connectivity index (χ3v) is 4.58. The molecule has 98 valence electrons. The summed E-state index contributed by atoms with van der Waals surface area (Å²) >= 11 is 1.61. The van der Waals surface area contributed by atoms with Crippen LogP contribution >= 0.6 is 11.8 Å². The highest BCUT2D eigenvalue weighted by Crippen LogP contribution is 2.17. The van der Waals surface area contributed by atoms with E-state index in [0.29, 0.717) is 18.8 Å². The van der Waals surface area contributed by atoms with E-state index in [1.165, 1.54) is 10.4 Å². The molecule has 0 radical (unpaired) electrons. The summed E-state index contributed by atoms with van der Waals surface area (Å²) in [5.74, 6) is 1.38. The zero-order valence-corrected chi connectivity index (χ0v) is 11.9. The van der Waals surface area contributed by atoms with Crippen molar-refractivity contribution in [3.8, 4) is 0 Å². The van der Waals surface area contributed by atoms with Crippen molar-refractivity contribution in [3.63, 3.8) is 0 Å². The molecular weight excluding hydrogens is 260 g/mol. The van der Waals surface area contributed by atoms with Crippen molar-refractivity contribution in [1.29, 1.82) is 0 Å². The molecule has 0 fully saturated rings. The largest absolute Gasteiger partial charge is 0.447 e. The molecule has 1 aromatic heterocycles. The van der Waals surface area contributed by atoms with Crippen LogP contribution in [0.25, 0.3) is 0 Å². The fourth-order valence-electron chi connectivity index (χ4n) is 1.26. The highest BCUT2D eigenvalue weighted by atomic mass is 32.2. The number of furan rings is 1. The van der Waals surface area contributed by atoms with Gasteiger partial charge < -0.3 is 9.73 Å². The van der Waals surface area contributed by atoms with Crippen LogP contribution in [-0.4, -0.2) is 45.4 Å². The zero-order chi connectivity index (χ0) is 12.9. The van der Waals surface area contributed by atoms with E-state index in [0.717, 1.165) is 5.75 Å². The summed E-state index contributed by atoms with van der Waals surface area (Å²) in [7, 11) is -0.143. The van der Waals surface area contributed by atoms with Gasteiger partial charge >= 0.3 is 0 Å². The maximum absolute atomic E-state index is 12.1. The second kappa shape index (κ2) is 6.44. The van der Waals surface area contributed by atoms with Crippen molar-refractivity contribution in [3.05, 3.63) is 17.9 Å². The van der Waals surface area contributed by atoms with Gasteiger partial charge in [0.15, 0.2) is 0 Å². The molecule has 0 spiro atoms. The van der Waals surface area contributed by atoms with Gasteiger partial charge in [-0.15, -0.1) is 0 Å². The molecule has 1 N–H and O–H groups in total. The molecule has 0 saturated carbocycles. The zero-order valence-electron chi connectivity index (χ0n) is 10.3. The van der Waals surface area contributed by atoms with Crippen LogP contribution in [0, 0.1) is 0 Å². The van der Waals surface area contributed by atoms with E-state index < -0.39 is 10.0 Å². The summed E-state index contributed by atoms with van der Waals surface area (Å²) in [4.78, 5) is 0. The summed E-state index contributed by atoms with van der Waals surface area (Å²) in [5, 5.41) is 2.91. The minimum absolute atomic E-state index is 0.00588. The maximum atomic E-state index is 12.1. The normalized spacial score (nSPS) is 12.2. The van der Waals surface area contributed by atoms with Crippen LogP contribution in [0.3, 0.4) is 0 Å². The Morgan fingerprint density at radius 2 is 2.18 bits per heavy atom. The molecule has 7 heteroatoms. The van der Waals surface area contributed by atoms with E-state index in [1.54, 1.807) is 31.9 Å². The Morgan fingerprint density at radius 1 is 1.47 bits per heavy atom. The van der Waals surface area contributed by atoms with Crippen LogP contribution in [0.1, 0.15) is 5.76 Å². The maximum Gasteiger partial charge on any atom is 0.276 e. The average molecular weight is 278 g/mol. The first-order valence-corrected chi connectivity index (χ1v) is 8.04. The van der Waals surface area contributed by atoms with Gasteiger partial charge in [0.1, 0.15) is 5.76 Å². The van der Waals surface area contributed by atoms with Crippen molar-refractivity contribution in [1.82, 2.24) is 9.62 Å². The molecule has 0 atom stereocenters. The van der Waals surface area contributed by atoms with Crippen LogP contribution in [0.5, 0.6) is 0 Å². The standard InChI is InChI=1S/C10H18N2O3S2/c1-11-8-9-4-5-10(15-9)17(13,14)12(2)6-7-16-3/h4-5,11H,6-8H2,1-3H3. The lowest BCUT2D eigenvalue weighted by Gasteiger charge is -2.14. The molecule has 1 rings (SSSR count). The highest BCUT2D eigenvalue weighted by molar-refractivity contribution is 7.98. The summed E-state index contributed by atoms with van der Waals surface area (Å²) in [6, 6.07) is 3.17. The van der Waals surface area contributed by atoms with Gasteiger partial charge in [0.05, 0.1) is 6.54 Å². The van der Waals surface area contributed by atoms with Gasteiger partial charge in [-0.1, -0.05) is 0 Å². The first kappa shape index (κ1) is 14.6. The number of hydrogen-bond donors (Lipinski definition) is 1. The molecule has 0 aromatic carbocycles. The summed E-state index contributed by atoms with van der Waals surface area (Å²) in [6.45, 7) is 0.996. The Kier molecular flexibility index (Phi) is 5.51. The van der Waals surface area contributed by atoms with Crippen LogP contribution in [0.15, 0.2) is 21.6 Å². The predicted octanol–water partition coefficient (Wildman–Crippen LogP) is 0.982. The van der Waals surface area contributed by atoms with Crippen LogP contribution in [-0.2, 0) is 16.6 Å². The smallest absolute Gasteiger partial charge is 0.276 e. The molecule has 0 aliphatic rings. The van der Waals surface area contributed by atoms with Crippen LogP contribution < -0.4 is 5.32 Å². The number of rotatable bonds is 7. The Morgan fingerprint density at radius 3 is 2.76 bits per heavy atom. The lowest BCUT2D eigenvalue weighted by molar-refractivity contribution is 0.387. The first-order chi connectivity index (χ1) is 8.02. The first-order valence-electron chi connectivity index (χ1n) is 5.21. The molecule has 0 bridgehead atoms. The monoisotopic (exact) mass is 278 g/mol. The molecule has 1 aromatic rings. The second-order valence-corrected chi connectivity index (χ2v) is 6.53. The topological polar surface area (TPSA) is 62.6 Å². The Bertz CT molecular complexity index is 442. The van der Waals surface area contributed by atoms with Crippen molar-refractivity contribution >= 4 is 21.8 Å². The van der Waals surface area contributed by atoms with Gasteiger partial charge in [-0.25, -0.2) is 8.42 Å². The quantitative estimate of drug-likeness (QED) is 0.805. The summed E-state index contributed by atoms with van der Waals surface area (Å²) in [6.07, 6.45) is 1.94. The Hall–Kier alpha value is -0.500. The number of hydrogen-bond acceptors (Lipinski definition) is 5. The second-order valence-electron chi connectivity index (χ2n) is 3.57. The molecule has 5 nitrogen and oxygen atoms in total. The number of nitrogens with zero attached hydrogens (tertiary/aromatic N) is 1. The van der Waals surface area contributed by atoms with Gasteiger partial charge in [-0.05, 0) is 25.4 Å². The van der Waals surface area contributed by atoms with Crippen LogP contribution in [0.2, 0.25) is 0 Å². The van der Waals surface area contributed by atoms with Crippen LogP contribution in [0.4, 0.5) is 0 Å². The average Bonchev–Trinajstić information content (AvgIpc) is 2.75. The lowest BCUT2D eigenvalue weighted by atomic mass is 10.4. The third kappa shape index (κ3) is 3.74. The molecule has 0 amide bonds. The minimum Gasteiger partial charge on any atom is -0.447 e. The lowest BCUT2D eigenvalue weighted by Crippen LogP contribution is -2.28. The van der Waals surface area contributed by atoms with Crippen molar-refractivity contribution in [2.75, 3.05) is 32.6 Å². The molecule has 17 heavy (non-hydrogen) atoms. The molecule has 0 saturated heterocycles.